The highest BCUT2D eigenvalue weighted by atomic mass is 31.2. The number of hydrogen-bond acceptors (Lipinski definition) is 4. The highest BCUT2D eigenvalue weighted by Gasteiger charge is 2.21. The molecule has 0 atom stereocenters. The van der Waals surface area contributed by atoms with Crippen LogP contribution in [0.1, 0.15) is 50.2 Å². The first-order valence-corrected chi connectivity index (χ1v) is 8.29. The van der Waals surface area contributed by atoms with Gasteiger partial charge in [0.2, 0.25) is 0 Å². The summed E-state index contributed by atoms with van der Waals surface area (Å²) in [5.74, 6) is 1.97. The molecule has 0 amide bonds. The lowest BCUT2D eigenvalue weighted by atomic mass is 9.80. The van der Waals surface area contributed by atoms with E-state index in [9.17, 15) is 0 Å². The van der Waals surface area contributed by atoms with Crippen LogP contribution in [0.2, 0.25) is 0 Å². The van der Waals surface area contributed by atoms with Crippen molar-refractivity contribution in [2.75, 3.05) is 6.79 Å². The van der Waals surface area contributed by atoms with Crippen molar-refractivity contribution in [3.63, 3.8) is 0 Å². The zero-order chi connectivity index (χ0) is 14.5. The number of para-hydroxylation sites is 1. The third-order valence-electron chi connectivity index (χ3n) is 3.85. The Kier molecular flexibility index (Phi) is 5.79. The molecule has 112 valence electrons. The largest absolute Gasteiger partial charge is 0.466 e. The molecular weight excluding hydrogens is 275 g/mol. The Hall–Kier alpha value is -0.670. The molecule has 0 aromatic heterocycles. The van der Waals surface area contributed by atoms with E-state index in [1.807, 2.05) is 0 Å². The van der Waals surface area contributed by atoms with Gasteiger partial charge in [0.15, 0.2) is 6.79 Å². The van der Waals surface area contributed by atoms with Crippen LogP contribution in [0.4, 0.5) is 0 Å². The van der Waals surface area contributed by atoms with Gasteiger partial charge in [-0.05, 0) is 29.4 Å². The first kappa shape index (κ1) is 15.7. The summed E-state index contributed by atoms with van der Waals surface area (Å²) in [6, 6.07) is 6.23. The average molecular weight is 298 g/mol. The second-order valence-corrected chi connectivity index (χ2v) is 6.40. The number of benzene rings is 1. The Morgan fingerprint density at radius 3 is 2.60 bits per heavy atom. The molecule has 1 aliphatic carbocycles. The highest BCUT2D eigenvalue weighted by Crippen LogP contribution is 2.36. The van der Waals surface area contributed by atoms with E-state index >= 15 is 0 Å². The zero-order valence-electron chi connectivity index (χ0n) is 12.1. The van der Waals surface area contributed by atoms with Crippen LogP contribution in [0.3, 0.4) is 0 Å². The van der Waals surface area contributed by atoms with E-state index in [1.165, 1.54) is 24.8 Å². The minimum absolute atomic E-state index is 0.125. The quantitative estimate of drug-likeness (QED) is 0.595. The molecule has 0 spiro atoms. The van der Waals surface area contributed by atoms with Gasteiger partial charge in [-0.1, -0.05) is 51.3 Å². The summed E-state index contributed by atoms with van der Waals surface area (Å²) in [5.41, 5.74) is 2.34. The monoisotopic (exact) mass is 298 g/mol. The van der Waals surface area contributed by atoms with Crippen molar-refractivity contribution in [2.45, 2.75) is 45.4 Å². The van der Waals surface area contributed by atoms with Crippen LogP contribution in [-0.4, -0.2) is 16.6 Å². The van der Waals surface area contributed by atoms with Crippen molar-refractivity contribution in [1.82, 2.24) is 0 Å². The third-order valence-corrected chi connectivity index (χ3v) is 4.19. The molecule has 4 nitrogen and oxygen atoms in total. The molecule has 0 aliphatic heterocycles. The minimum Gasteiger partial charge on any atom is -0.466 e. The zero-order valence-corrected chi connectivity index (χ0v) is 13.0. The predicted molar refractivity (Wildman–Crippen MR) is 79.5 cm³/mol. The van der Waals surface area contributed by atoms with E-state index in [0.29, 0.717) is 5.92 Å². The summed E-state index contributed by atoms with van der Waals surface area (Å²) < 4.78 is 10.4. The van der Waals surface area contributed by atoms with E-state index < -0.39 is 8.60 Å². The van der Waals surface area contributed by atoms with Gasteiger partial charge in [0.25, 0.3) is 0 Å². The summed E-state index contributed by atoms with van der Waals surface area (Å²) in [6.07, 6.45) is 4.94. The molecule has 2 N–H and O–H groups in total. The molecule has 2 rings (SSSR count). The maximum atomic E-state index is 8.79. The van der Waals surface area contributed by atoms with Crippen LogP contribution >= 0.6 is 8.60 Å². The molecule has 1 fully saturated rings. The Morgan fingerprint density at radius 2 is 2.05 bits per heavy atom. The first-order valence-electron chi connectivity index (χ1n) is 7.13. The van der Waals surface area contributed by atoms with Crippen molar-refractivity contribution in [3.05, 3.63) is 29.3 Å². The molecule has 0 unspecified atom stereocenters. The second-order valence-electron chi connectivity index (χ2n) is 5.64. The first-order chi connectivity index (χ1) is 9.58. The van der Waals surface area contributed by atoms with Crippen LogP contribution < -0.4 is 4.74 Å². The molecule has 0 radical (unpaired) electrons. The van der Waals surface area contributed by atoms with Crippen LogP contribution in [0.5, 0.6) is 5.75 Å². The molecule has 0 bridgehead atoms. The standard InChI is InChI=1S/C15H23O4P/c1-11(2)14-8-4-7-13(9-12-5-3-6-12)15(14)18-10-19-20(16)17/h4,7-8,11-12,16-17H,3,5-6,9-10H2,1-2H3. The van der Waals surface area contributed by atoms with E-state index in [2.05, 4.69) is 32.0 Å². The lowest BCUT2D eigenvalue weighted by molar-refractivity contribution is 0.102. The molecule has 5 heteroatoms. The van der Waals surface area contributed by atoms with E-state index in [1.54, 1.807) is 0 Å². The van der Waals surface area contributed by atoms with E-state index in [0.717, 1.165) is 23.7 Å². The maximum absolute atomic E-state index is 8.79. The van der Waals surface area contributed by atoms with Crippen LogP contribution in [-0.2, 0) is 10.9 Å². The second kappa shape index (κ2) is 7.37. The van der Waals surface area contributed by atoms with Crippen molar-refractivity contribution >= 4 is 8.60 Å². The maximum Gasteiger partial charge on any atom is 0.330 e. The molecule has 1 saturated carbocycles. The summed E-state index contributed by atoms with van der Waals surface area (Å²) in [4.78, 5) is 17.6. The van der Waals surface area contributed by atoms with Gasteiger partial charge in [-0.2, -0.15) is 0 Å². The van der Waals surface area contributed by atoms with Crippen LogP contribution in [0.15, 0.2) is 18.2 Å². The fraction of sp³-hybridized carbons (Fsp3) is 0.600. The molecule has 0 saturated heterocycles. The lowest BCUT2D eigenvalue weighted by Crippen LogP contribution is -2.15. The van der Waals surface area contributed by atoms with Gasteiger partial charge < -0.3 is 14.5 Å². The van der Waals surface area contributed by atoms with Gasteiger partial charge in [0.05, 0.1) is 0 Å². The van der Waals surface area contributed by atoms with Gasteiger partial charge in [-0.15, -0.1) is 0 Å². The van der Waals surface area contributed by atoms with Crippen molar-refractivity contribution in [2.24, 2.45) is 5.92 Å². The molecular formula is C15H23O4P. The Balaban J connectivity index is 2.13. The molecule has 0 heterocycles. The summed E-state index contributed by atoms with van der Waals surface area (Å²) in [5, 5.41) is 0. The summed E-state index contributed by atoms with van der Waals surface area (Å²) in [7, 11) is -2.36. The molecule has 1 aromatic rings. The van der Waals surface area contributed by atoms with E-state index in [4.69, 9.17) is 19.0 Å². The molecule has 1 aromatic carbocycles. The Bertz CT molecular complexity index is 430. The fourth-order valence-electron chi connectivity index (χ4n) is 2.54. The van der Waals surface area contributed by atoms with Gasteiger partial charge in [0.1, 0.15) is 5.75 Å². The van der Waals surface area contributed by atoms with Crippen LogP contribution in [0.25, 0.3) is 0 Å². The number of rotatable bonds is 7. The smallest absolute Gasteiger partial charge is 0.330 e. The minimum atomic E-state index is -2.36. The highest BCUT2D eigenvalue weighted by molar-refractivity contribution is 7.39. The number of hydrogen-bond donors (Lipinski definition) is 2. The lowest BCUT2D eigenvalue weighted by Gasteiger charge is -2.27. The van der Waals surface area contributed by atoms with Gasteiger partial charge in [0, 0.05) is 0 Å². The predicted octanol–water partition coefficient (Wildman–Crippen LogP) is 3.72. The summed E-state index contributed by atoms with van der Waals surface area (Å²) >= 11 is 0. The van der Waals surface area contributed by atoms with Crippen molar-refractivity contribution in [3.8, 4) is 5.75 Å². The van der Waals surface area contributed by atoms with Crippen LogP contribution in [0, 0.1) is 5.92 Å². The Labute approximate surface area is 121 Å². The number of ether oxygens (including phenoxy) is 1. The Morgan fingerprint density at radius 1 is 1.30 bits per heavy atom. The molecule has 1 aliphatic rings. The normalized spacial score (nSPS) is 15.7. The van der Waals surface area contributed by atoms with Crippen molar-refractivity contribution < 1.29 is 19.0 Å². The van der Waals surface area contributed by atoms with Gasteiger partial charge >= 0.3 is 8.60 Å². The topological polar surface area (TPSA) is 58.9 Å². The van der Waals surface area contributed by atoms with Gasteiger partial charge in [-0.3, -0.25) is 4.52 Å². The third kappa shape index (κ3) is 4.16. The van der Waals surface area contributed by atoms with Crippen molar-refractivity contribution in [1.29, 1.82) is 0 Å². The average Bonchev–Trinajstić information content (AvgIpc) is 2.34. The molecule has 20 heavy (non-hydrogen) atoms. The van der Waals surface area contributed by atoms with Gasteiger partial charge in [-0.25, -0.2) is 0 Å². The summed E-state index contributed by atoms with van der Waals surface area (Å²) in [6.45, 7) is 4.13. The fourth-order valence-corrected chi connectivity index (χ4v) is 2.68. The SMILES string of the molecule is CC(C)c1cccc(CC2CCC2)c1OCOP(O)O. The van der Waals surface area contributed by atoms with E-state index in [-0.39, 0.29) is 6.79 Å².